The first-order chi connectivity index (χ1) is 8.85. The summed E-state index contributed by atoms with van der Waals surface area (Å²) in [6, 6.07) is 5.60. The maximum absolute atomic E-state index is 11.8. The summed E-state index contributed by atoms with van der Waals surface area (Å²) >= 11 is 5.97. The number of carbonyl (C=O) groups excluding carboxylic acids is 1. The third-order valence-corrected chi connectivity index (χ3v) is 3.07. The van der Waals surface area contributed by atoms with E-state index in [0.717, 1.165) is 24.2 Å². The van der Waals surface area contributed by atoms with Crippen LogP contribution in [-0.2, 0) is 4.74 Å². The Hall–Kier alpha value is -1.42. The highest BCUT2D eigenvalue weighted by Gasteiger charge is 2.24. The normalized spacial score (nSPS) is 18.2. The van der Waals surface area contributed by atoms with Crippen LogP contribution in [0, 0.1) is 0 Å². The summed E-state index contributed by atoms with van der Waals surface area (Å²) in [7, 11) is 0. The quantitative estimate of drug-likeness (QED) is 0.825. The Morgan fingerprint density at radius 1 is 1.47 bits per heavy atom. The third-order valence-electron chi connectivity index (χ3n) is 2.83. The highest BCUT2D eigenvalue weighted by atomic mass is 35.5. The van der Waals surface area contributed by atoms with Crippen LogP contribution in [0.4, 0.5) is 10.5 Å². The fourth-order valence-corrected chi connectivity index (χ4v) is 2.26. The van der Waals surface area contributed by atoms with E-state index in [2.05, 4.69) is 10.6 Å². The van der Waals surface area contributed by atoms with Crippen molar-refractivity contribution in [2.75, 3.05) is 11.9 Å². The number of carbonyl (C=O) groups is 1. The second-order valence-electron chi connectivity index (χ2n) is 5.65. The third kappa shape index (κ3) is 3.77. The fourth-order valence-electron chi connectivity index (χ4n) is 2.09. The van der Waals surface area contributed by atoms with E-state index in [-0.39, 0.29) is 12.1 Å². The number of halogens is 1. The summed E-state index contributed by atoms with van der Waals surface area (Å²) in [6.45, 7) is 6.35. The minimum atomic E-state index is -0.486. The molecule has 104 valence electrons. The Bertz CT molecular complexity index is 483. The molecule has 0 fully saturated rings. The molecule has 0 aromatic heterocycles. The van der Waals surface area contributed by atoms with Crippen LogP contribution in [0.1, 0.15) is 38.8 Å². The number of anilines is 1. The maximum Gasteiger partial charge on any atom is 0.408 e. The number of amides is 1. The molecular weight excluding hydrogens is 264 g/mol. The van der Waals surface area contributed by atoms with Crippen LogP contribution in [0.5, 0.6) is 0 Å². The van der Waals surface area contributed by atoms with Crippen LogP contribution in [0.25, 0.3) is 0 Å². The topological polar surface area (TPSA) is 50.4 Å². The predicted molar refractivity (Wildman–Crippen MR) is 76.7 cm³/mol. The predicted octanol–water partition coefficient (Wildman–Crippen LogP) is 3.72. The lowest BCUT2D eigenvalue weighted by Crippen LogP contribution is -2.37. The van der Waals surface area contributed by atoms with E-state index in [1.165, 1.54) is 0 Å². The van der Waals surface area contributed by atoms with Gasteiger partial charge in [0.05, 0.1) is 6.04 Å². The molecule has 1 heterocycles. The molecule has 0 aliphatic carbocycles. The van der Waals surface area contributed by atoms with Crippen molar-refractivity contribution in [3.8, 4) is 0 Å². The zero-order valence-electron chi connectivity index (χ0n) is 11.4. The number of nitrogens with one attached hydrogen (secondary N) is 2. The van der Waals surface area contributed by atoms with Gasteiger partial charge < -0.3 is 15.4 Å². The van der Waals surface area contributed by atoms with Crippen molar-refractivity contribution in [2.24, 2.45) is 0 Å². The molecule has 1 aliphatic heterocycles. The van der Waals surface area contributed by atoms with E-state index in [1.807, 2.05) is 39.0 Å². The van der Waals surface area contributed by atoms with Gasteiger partial charge in [-0.3, -0.25) is 0 Å². The van der Waals surface area contributed by atoms with Crippen LogP contribution in [0.15, 0.2) is 18.2 Å². The van der Waals surface area contributed by atoms with Crippen molar-refractivity contribution in [3.05, 3.63) is 28.8 Å². The molecule has 5 heteroatoms. The summed E-state index contributed by atoms with van der Waals surface area (Å²) in [5.74, 6) is 0. The smallest absolute Gasteiger partial charge is 0.408 e. The van der Waals surface area contributed by atoms with E-state index < -0.39 is 5.60 Å². The summed E-state index contributed by atoms with van der Waals surface area (Å²) in [4.78, 5) is 11.8. The van der Waals surface area contributed by atoms with E-state index in [9.17, 15) is 4.79 Å². The molecule has 2 N–H and O–H groups in total. The van der Waals surface area contributed by atoms with Gasteiger partial charge in [-0.2, -0.15) is 0 Å². The maximum atomic E-state index is 11.8. The van der Waals surface area contributed by atoms with Gasteiger partial charge in [0.25, 0.3) is 0 Å². The molecule has 0 radical (unpaired) electrons. The molecule has 1 amide bonds. The van der Waals surface area contributed by atoms with Gasteiger partial charge in [-0.25, -0.2) is 4.79 Å². The highest BCUT2D eigenvalue weighted by molar-refractivity contribution is 6.30. The number of rotatable bonds is 1. The van der Waals surface area contributed by atoms with E-state index >= 15 is 0 Å². The Kier molecular flexibility index (Phi) is 3.90. The van der Waals surface area contributed by atoms with Crippen LogP contribution < -0.4 is 10.6 Å². The monoisotopic (exact) mass is 282 g/mol. The van der Waals surface area contributed by atoms with Gasteiger partial charge in [-0.1, -0.05) is 17.7 Å². The van der Waals surface area contributed by atoms with Crippen molar-refractivity contribution in [1.82, 2.24) is 5.32 Å². The molecule has 1 aromatic carbocycles. The Morgan fingerprint density at radius 2 is 2.21 bits per heavy atom. The minimum Gasteiger partial charge on any atom is -0.444 e. The lowest BCUT2D eigenvalue weighted by atomic mass is 9.98. The van der Waals surface area contributed by atoms with Gasteiger partial charge in [-0.15, -0.1) is 0 Å². The zero-order chi connectivity index (χ0) is 14.0. The van der Waals surface area contributed by atoms with Crippen molar-refractivity contribution < 1.29 is 9.53 Å². The van der Waals surface area contributed by atoms with Gasteiger partial charge >= 0.3 is 6.09 Å². The van der Waals surface area contributed by atoms with Crippen LogP contribution >= 0.6 is 11.6 Å². The van der Waals surface area contributed by atoms with Crippen molar-refractivity contribution in [2.45, 2.75) is 38.8 Å². The Labute approximate surface area is 118 Å². The molecule has 1 atom stereocenters. The minimum absolute atomic E-state index is 0.0385. The Balaban J connectivity index is 2.09. The molecule has 19 heavy (non-hydrogen) atoms. The van der Waals surface area contributed by atoms with Crippen LogP contribution in [-0.4, -0.2) is 18.2 Å². The average molecular weight is 283 g/mol. The van der Waals surface area contributed by atoms with Gasteiger partial charge in [0.2, 0.25) is 0 Å². The highest BCUT2D eigenvalue weighted by Crippen LogP contribution is 2.32. The molecule has 0 unspecified atom stereocenters. The summed E-state index contributed by atoms with van der Waals surface area (Å²) in [5, 5.41) is 6.87. The van der Waals surface area contributed by atoms with Gasteiger partial charge in [0.15, 0.2) is 0 Å². The average Bonchev–Trinajstić information content (AvgIpc) is 2.26. The van der Waals surface area contributed by atoms with Gasteiger partial charge in [-0.05, 0) is 44.9 Å². The van der Waals surface area contributed by atoms with Gasteiger partial charge in [0, 0.05) is 17.3 Å². The number of hydrogen-bond acceptors (Lipinski definition) is 3. The van der Waals surface area contributed by atoms with Crippen LogP contribution in [0.2, 0.25) is 5.02 Å². The molecule has 0 bridgehead atoms. The first-order valence-corrected chi connectivity index (χ1v) is 6.76. The lowest BCUT2D eigenvalue weighted by molar-refractivity contribution is 0.0501. The molecule has 0 spiro atoms. The number of alkyl carbamates (subject to hydrolysis) is 1. The standard InChI is InChI=1S/C14H19ClN2O2/c1-14(2,3)19-13(18)17-11-6-7-16-12-8-9(15)4-5-10(11)12/h4-5,8,11,16H,6-7H2,1-3H3,(H,17,18)/t11-/m1/s1. The second kappa shape index (κ2) is 5.29. The van der Waals surface area contributed by atoms with E-state index in [0.29, 0.717) is 5.02 Å². The first kappa shape index (κ1) is 14.0. The number of benzene rings is 1. The fraction of sp³-hybridized carbons (Fsp3) is 0.500. The van der Waals surface area contributed by atoms with Crippen LogP contribution in [0.3, 0.4) is 0 Å². The summed E-state index contributed by atoms with van der Waals surface area (Å²) in [6.07, 6.45) is 0.439. The molecule has 1 aromatic rings. The lowest BCUT2D eigenvalue weighted by Gasteiger charge is -2.29. The number of fused-ring (bicyclic) bond motifs is 1. The van der Waals surface area contributed by atoms with Crippen molar-refractivity contribution in [1.29, 1.82) is 0 Å². The molecule has 0 saturated heterocycles. The molecule has 4 nitrogen and oxygen atoms in total. The second-order valence-corrected chi connectivity index (χ2v) is 6.08. The first-order valence-electron chi connectivity index (χ1n) is 6.38. The number of ether oxygens (including phenoxy) is 1. The zero-order valence-corrected chi connectivity index (χ0v) is 12.2. The Morgan fingerprint density at radius 3 is 2.89 bits per heavy atom. The summed E-state index contributed by atoms with van der Waals surface area (Å²) < 4.78 is 5.28. The number of hydrogen-bond donors (Lipinski definition) is 2. The largest absolute Gasteiger partial charge is 0.444 e. The van der Waals surface area contributed by atoms with Crippen molar-refractivity contribution >= 4 is 23.4 Å². The molecular formula is C14H19ClN2O2. The molecule has 0 saturated carbocycles. The van der Waals surface area contributed by atoms with Crippen molar-refractivity contribution in [3.63, 3.8) is 0 Å². The summed E-state index contributed by atoms with van der Waals surface area (Å²) in [5.41, 5.74) is 1.53. The molecule has 2 rings (SSSR count). The van der Waals surface area contributed by atoms with E-state index in [4.69, 9.17) is 16.3 Å². The van der Waals surface area contributed by atoms with E-state index in [1.54, 1.807) is 0 Å². The SMILES string of the molecule is CC(C)(C)OC(=O)N[C@@H]1CCNc2cc(Cl)ccc21. The van der Waals surface area contributed by atoms with Gasteiger partial charge in [0.1, 0.15) is 5.60 Å². The molecule has 1 aliphatic rings.